The lowest BCUT2D eigenvalue weighted by atomic mass is 10.1. The second kappa shape index (κ2) is 7.33. The van der Waals surface area contributed by atoms with E-state index in [1.165, 1.54) is 16.9 Å². The fourth-order valence-electron chi connectivity index (χ4n) is 1.93. The van der Waals surface area contributed by atoms with Crippen LogP contribution in [0.4, 0.5) is 5.69 Å². The number of nitrogens with one attached hydrogen (secondary N) is 3. The molecular weight excluding hydrogens is 316 g/mol. The maximum Gasteiger partial charge on any atom is 0.244 e. The molecule has 0 aliphatic carbocycles. The van der Waals surface area contributed by atoms with Gasteiger partial charge in [-0.1, -0.05) is 17.7 Å². The summed E-state index contributed by atoms with van der Waals surface area (Å²) in [5.41, 5.74) is 9.21. The molecule has 0 radical (unpaired) electrons. The Balaban J connectivity index is 1.81. The average molecular weight is 334 g/mol. The van der Waals surface area contributed by atoms with Crippen molar-refractivity contribution in [3.63, 3.8) is 0 Å². The van der Waals surface area contributed by atoms with Crippen LogP contribution >= 0.6 is 23.6 Å². The van der Waals surface area contributed by atoms with Crippen LogP contribution in [0.1, 0.15) is 21.8 Å². The van der Waals surface area contributed by atoms with E-state index in [0.717, 1.165) is 22.0 Å². The number of rotatable bonds is 3. The van der Waals surface area contributed by atoms with E-state index in [2.05, 4.69) is 27.2 Å². The highest BCUT2D eigenvalue weighted by molar-refractivity contribution is 7.80. The first-order valence-electron chi connectivity index (χ1n) is 6.78. The van der Waals surface area contributed by atoms with Crippen molar-refractivity contribution in [3.05, 3.63) is 45.4 Å². The van der Waals surface area contributed by atoms with Gasteiger partial charge < -0.3 is 5.32 Å². The quantitative estimate of drug-likeness (QED) is 0.595. The summed E-state index contributed by atoms with van der Waals surface area (Å²) >= 11 is 6.69. The summed E-state index contributed by atoms with van der Waals surface area (Å²) in [5.74, 6) is -0.185. The van der Waals surface area contributed by atoms with E-state index in [9.17, 15) is 4.79 Å². The molecule has 0 atom stereocenters. The van der Waals surface area contributed by atoms with Crippen molar-refractivity contribution in [2.24, 2.45) is 0 Å². The first-order valence-corrected chi connectivity index (χ1v) is 8.07. The highest BCUT2D eigenvalue weighted by Gasteiger charge is 2.07. The van der Waals surface area contributed by atoms with E-state index in [0.29, 0.717) is 5.11 Å². The Morgan fingerprint density at radius 2 is 2.05 bits per heavy atom. The molecule has 22 heavy (non-hydrogen) atoms. The van der Waals surface area contributed by atoms with Gasteiger partial charge >= 0.3 is 0 Å². The van der Waals surface area contributed by atoms with Gasteiger partial charge in [-0.25, -0.2) is 4.98 Å². The Bertz CT molecular complexity index is 697. The molecule has 1 aromatic carbocycles. The largest absolute Gasteiger partial charge is 0.331 e. The highest BCUT2D eigenvalue weighted by Crippen LogP contribution is 2.15. The molecule has 0 saturated carbocycles. The van der Waals surface area contributed by atoms with Gasteiger partial charge in [0, 0.05) is 11.1 Å². The Labute approximate surface area is 139 Å². The molecule has 0 unspecified atom stereocenters. The molecule has 0 spiro atoms. The number of anilines is 1. The number of hydrazine groups is 1. The van der Waals surface area contributed by atoms with Crippen LogP contribution in [0, 0.1) is 20.8 Å². The summed E-state index contributed by atoms with van der Waals surface area (Å²) < 4.78 is 0. The van der Waals surface area contributed by atoms with Gasteiger partial charge in [-0.05, 0) is 44.6 Å². The molecule has 7 heteroatoms. The zero-order valence-electron chi connectivity index (χ0n) is 12.7. The van der Waals surface area contributed by atoms with Crippen LogP contribution in [0.2, 0.25) is 0 Å². The number of nitrogens with zero attached hydrogens (tertiary/aromatic N) is 1. The van der Waals surface area contributed by atoms with Crippen LogP contribution in [0.15, 0.2) is 23.6 Å². The predicted octanol–water partition coefficient (Wildman–Crippen LogP) is 2.63. The van der Waals surface area contributed by atoms with E-state index in [1.54, 1.807) is 0 Å². The van der Waals surface area contributed by atoms with Gasteiger partial charge in [0.2, 0.25) is 5.91 Å². The van der Waals surface area contributed by atoms with Gasteiger partial charge in [0.1, 0.15) is 0 Å². The Morgan fingerprint density at radius 1 is 1.27 bits per heavy atom. The number of hydrogen-bond donors (Lipinski definition) is 3. The van der Waals surface area contributed by atoms with Crippen LogP contribution in [-0.2, 0) is 11.2 Å². The number of thiazole rings is 1. The lowest BCUT2D eigenvalue weighted by molar-refractivity contribution is -0.121. The predicted molar refractivity (Wildman–Crippen MR) is 94.0 cm³/mol. The van der Waals surface area contributed by atoms with Crippen molar-refractivity contribution in [3.8, 4) is 0 Å². The molecular formula is C15H18N4OS2. The molecule has 1 heterocycles. The number of aromatic nitrogens is 1. The van der Waals surface area contributed by atoms with E-state index in [1.807, 2.05) is 38.3 Å². The number of thiocarbonyl (C=S) groups is 1. The van der Waals surface area contributed by atoms with Crippen molar-refractivity contribution < 1.29 is 4.79 Å². The van der Waals surface area contributed by atoms with Gasteiger partial charge in [0.05, 0.1) is 17.1 Å². The van der Waals surface area contributed by atoms with Crippen LogP contribution in [0.5, 0.6) is 0 Å². The van der Waals surface area contributed by atoms with Crippen LogP contribution in [-0.4, -0.2) is 16.0 Å². The fraction of sp³-hybridized carbons (Fsp3) is 0.267. The minimum absolute atomic E-state index is 0.185. The maximum atomic E-state index is 11.8. The second-order valence-corrected chi connectivity index (χ2v) is 6.45. The van der Waals surface area contributed by atoms with E-state index >= 15 is 0 Å². The van der Waals surface area contributed by atoms with Gasteiger partial charge in [-0.2, -0.15) is 0 Å². The SMILES string of the molecule is Cc1ccc(NC(=S)NNC(=O)Cc2csc(C)n2)c(C)c1. The number of aryl methyl sites for hydroxylation is 3. The van der Waals surface area contributed by atoms with Crippen molar-refractivity contribution in [1.82, 2.24) is 15.8 Å². The number of carbonyl (C=O) groups is 1. The van der Waals surface area contributed by atoms with Gasteiger partial charge in [0.15, 0.2) is 5.11 Å². The number of carbonyl (C=O) groups excluding carboxylic acids is 1. The number of hydrogen-bond acceptors (Lipinski definition) is 4. The van der Waals surface area contributed by atoms with Gasteiger partial charge in [0.25, 0.3) is 0 Å². The summed E-state index contributed by atoms with van der Waals surface area (Å²) in [5, 5.41) is 6.22. The van der Waals surface area contributed by atoms with Crippen molar-refractivity contribution in [2.45, 2.75) is 27.2 Å². The van der Waals surface area contributed by atoms with Crippen molar-refractivity contribution >= 4 is 40.3 Å². The summed E-state index contributed by atoms with van der Waals surface area (Å²) in [6.07, 6.45) is 0.226. The monoisotopic (exact) mass is 334 g/mol. The first-order chi connectivity index (χ1) is 10.4. The molecule has 0 saturated heterocycles. The Hall–Kier alpha value is -1.99. The summed E-state index contributed by atoms with van der Waals surface area (Å²) in [6.45, 7) is 5.95. The second-order valence-electron chi connectivity index (χ2n) is 4.98. The van der Waals surface area contributed by atoms with Crippen molar-refractivity contribution in [2.75, 3.05) is 5.32 Å². The average Bonchev–Trinajstić information content (AvgIpc) is 2.85. The van der Waals surface area contributed by atoms with E-state index < -0.39 is 0 Å². The standard InChI is InChI=1S/C15H18N4OS2/c1-9-4-5-13(10(2)6-9)17-15(21)19-18-14(20)7-12-8-22-11(3)16-12/h4-6,8H,7H2,1-3H3,(H,18,20)(H2,17,19,21). The molecule has 1 amide bonds. The zero-order chi connectivity index (χ0) is 16.1. The third kappa shape index (κ3) is 4.78. The molecule has 1 aromatic heterocycles. The number of amides is 1. The normalized spacial score (nSPS) is 10.1. The lowest BCUT2D eigenvalue weighted by Crippen LogP contribution is -2.44. The molecule has 3 N–H and O–H groups in total. The third-order valence-electron chi connectivity index (χ3n) is 2.95. The summed E-state index contributed by atoms with van der Waals surface area (Å²) in [4.78, 5) is 16.0. The van der Waals surface area contributed by atoms with E-state index in [4.69, 9.17) is 12.2 Å². The smallest absolute Gasteiger partial charge is 0.244 e. The highest BCUT2D eigenvalue weighted by atomic mass is 32.1. The van der Waals surface area contributed by atoms with Crippen LogP contribution < -0.4 is 16.2 Å². The minimum atomic E-state index is -0.185. The van der Waals surface area contributed by atoms with E-state index in [-0.39, 0.29) is 12.3 Å². The molecule has 116 valence electrons. The van der Waals surface area contributed by atoms with Gasteiger partial charge in [-0.15, -0.1) is 11.3 Å². The summed E-state index contributed by atoms with van der Waals surface area (Å²) in [7, 11) is 0. The van der Waals surface area contributed by atoms with Crippen molar-refractivity contribution in [1.29, 1.82) is 0 Å². The molecule has 2 aromatic rings. The maximum absolute atomic E-state index is 11.8. The molecule has 0 aliphatic rings. The summed E-state index contributed by atoms with van der Waals surface area (Å²) in [6, 6.07) is 6.02. The van der Waals surface area contributed by atoms with Crippen LogP contribution in [0.25, 0.3) is 0 Å². The topological polar surface area (TPSA) is 66.0 Å². The molecule has 0 aliphatic heterocycles. The Morgan fingerprint density at radius 3 is 2.68 bits per heavy atom. The molecule has 5 nitrogen and oxygen atoms in total. The lowest BCUT2D eigenvalue weighted by Gasteiger charge is -2.13. The van der Waals surface area contributed by atoms with Gasteiger partial charge in [-0.3, -0.25) is 15.6 Å². The zero-order valence-corrected chi connectivity index (χ0v) is 14.3. The molecule has 0 bridgehead atoms. The van der Waals surface area contributed by atoms with Crippen LogP contribution in [0.3, 0.4) is 0 Å². The minimum Gasteiger partial charge on any atom is -0.331 e. The molecule has 0 fully saturated rings. The molecule has 2 rings (SSSR count). The third-order valence-corrected chi connectivity index (χ3v) is 3.98. The fourth-order valence-corrected chi connectivity index (χ4v) is 2.71. The number of benzene rings is 1. The first kappa shape index (κ1) is 16.4. The Kier molecular flexibility index (Phi) is 5.46.